The van der Waals surface area contributed by atoms with Crippen LogP contribution in [-0.2, 0) is 5.54 Å². The van der Waals surface area contributed by atoms with E-state index in [1.54, 1.807) is 28.8 Å². The number of hydrogen-bond donors (Lipinski definition) is 0. The molecule has 9 heteroatoms. The molecule has 2 aliphatic rings. The minimum atomic E-state index is -0.696. The second-order valence-electron chi connectivity index (χ2n) is 8.41. The number of hydrogen-bond acceptors (Lipinski definition) is 7. The summed E-state index contributed by atoms with van der Waals surface area (Å²) in [7, 11) is 1.76. The molecular weight excluding hydrogens is 410 g/mol. The molecule has 2 aromatic carbocycles. The summed E-state index contributed by atoms with van der Waals surface area (Å²) in [6.07, 6.45) is 2.94. The van der Waals surface area contributed by atoms with Crippen molar-refractivity contribution >= 4 is 6.09 Å². The molecule has 166 valence electrons. The largest absolute Gasteiger partial charge is 0.454 e. The van der Waals surface area contributed by atoms with Gasteiger partial charge in [-0.1, -0.05) is 25.1 Å². The van der Waals surface area contributed by atoms with Gasteiger partial charge in [0.1, 0.15) is 11.3 Å². The van der Waals surface area contributed by atoms with E-state index in [9.17, 15) is 4.79 Å². The Kier molecular flexibility index (Phi) is 5.16. The van der Waals surface area contributed by atoms with Gasteiger partial charge in [0.15, 0.2) is 17.3 Å². The van der Waals surface area contributed by atoms with Gasteiger partial charge in [0.2, 0.25) is 6.79 Å². The number of benzene rings is 2. The number of aromatic nitrogens is 4. The highest BCUT2D eigenvalue weighted by Gasteiger charge is 2.47. The van der Waals surface area contributed by atoms with Crippen LogP contribution >= 0.6 is 0 Å². The molecule has 5 rings (SSSR count). The fraction of sp³-hybridized carbons (Fsp3) is 0.391. The summed E-state index contributed by atoms with van der Waals surface area (Å²) in [6, 6.07) is 14.6. The second kappa shape index (κ2) is 8.14. The number of amides is 1. The van der Waals surface area contributed by atoms with E-state index in [2.05, 4.69) is 22.4 Å². The fourth-order valence-corrected chi connectivity index (χ4v) is 4.45. The Bertz CT molecular complexity index is 1110. The summed E-state index contributed by atoms with van der Waals surface area (Å²) < 4.78 is 18.3. The van der Waals surface area contributed by atoms with Crippen molar-refractivity contribution in [3.63, 3.8) is 0 Å². The normalized spacial score (nSPS) is 21.9. The van der Waals surface area contributed by atoms with Crippen LogP contribution in [0.2, 0.25) is 0 Å². The Labute approximate surface area is 185 Å². The van der Waals surface area contributed by atoms with Gasteiger partial charge in [0.05, 0.1) is 5.69 Å². The van der Waals surface area contributed by atoms with Crippen molar-refractivity contribution in [1.29, 1.82) is 0 Å². The van der Waals surface area contributed by atoms with Gasteiger partial charge in [-0.2, -0.15) is 4.68 Å². The van der Waals surface area contributed by atoms with E-state index >= 15 is 0 Å². The maximum atomic E-state index is 13.2. The molecule has 3 aromatic rings. The zero-order valence-corrected chi connectivity index (χ0v) is 18.1. The van der Waals surface area contributed by atoms with E-state index in [0.717, 1.165) is 31.4 Å². The standard InChI is InChI=1S/C23H25N5O4/c1-16-10-12-23(13-11-16,27(2)22(29)32-18-6-4-3-5-7-18)21-24-25-26-28(21)17-8-9-19-20(14-17)31-15-30-19/h3-9,14,16H,10-13,15H2,1-2H3. The lowest BCUT2D eigenvalue weighted by molar-refractivity contribution is 0.0514. The number of fused-ring (bicyclic) bond motifs is 1. The first-order valence-electron chi connectivity index (χ1n) is 10.8. The molecule has 1 amide bonds. The number of carbonyl (C=O) groups excluding carboxylic acids is 1. The highest BCUT2D eigenvalue weighted by atomic mass is 16.7. The van der Waals surface area contributed by atoms with Crippen LogP contribution in [0.15, 0.2) is 48.5 Å². The molecule has 1 fully saturated rings. The number of para-hydroxylation sites is 1. The predicted octanol–water partition coefficient (Wildman–Crippen LogP) is 3.93. The van der Waals surface area contributed by atoms with Crippen molar-refractivity contribution in [2.75, 3.05) is 13.8 Å². The molecule has 1 aliphatic carbocycles. The van der Waals surface area contributed by atoms with E-state index in [4.69, 9.17) is 14.2 Å². The van der Waals surface area contributed by atoms with Crippen molar-refractivity contribution in [1.82, 2.24) is 25.1 Å². The molecule has 0 unspecified atom stereocenters. The lowest BCUT2D eigenvalue weighted by atomic mass is 9.75. The van der Waals surface area contributed by atoms with Crippen molar-refractivity contribution in [3.05, 3.63) is 54.4 Å². The highest BCUT2D eigenvalue weighted by molar-refractivity contribution is 5.71. The third-order valence-corrected chi connectivity index (χ3v) is 6.45. The Morgan fingerprint density at radius 2 is 1.88 bits per heavy atom. The van der Waals surface area contributed by atoms with Gasteiger partial charge in [-0.3, -0.25) is 4.90 Å². The first-order valence-corrected chi connectivity index (χ1v) is 10.8. The first-order chi connectivity index (χ1) is 15.6. The third-order valence-electron chi connectivity index (χ3n) is 6.45. The Morgan fingerprint density at radius 1 is 1.12 bits per heavy atom. The Hall–Kier alpha value is -3.62. The molecular formula is C23H25N5O4. The topological polar surface area (TPSA) is 91.6 Å². The lowest BCUT2D eigenvalue weighted by Gasteiger charge is -2.44. The summed E-state index contributed by atoms with van der Waals surface area (Å²) in [6.45, 7) is 2.42. The monoisotopic (exact) mass is 435 g/mol. The maximum Gasteiger partial charge on any atom is 0.415 e. The summed E-state index contributed by atoms with van der Waals surface area (Å²) >= 11 is 0. The average Bonchev–Trinajstić information content (AvgIpc) is 3.49. The smallest absolute Gasteiger partial charge is 0.415 e. The maximum absolute atomic E-state index is 13.2. The van der Waals surface area contributed by atoms with Gasteiger partial charge < -0.3 is 14.2 Å². The Morgan fingerprint density at radius 3 is 2.66 bits per heavy atom. The molecule has 1 saturated carbocycles. The number of tetrazole rings is 1. The zero-order valence-electron chi connectivity index (χ0n) is 18.1. The van der Waals surface area contributed by atoms with Gasteiger partial charge in [-0.25, -0.2) is 4.79 Å². The van der Waals surface area contributed by atoms with E-state index in [1.807, 2.05) is 36.4 Å². The van der Waals surface area contributed by atoms with Crippen molar-refractivity contribution in [2.45, 2.75) is 38.1 Å². The van der Waals surface area contributed by atoms with Crippen LogP contribution in [0.25, 0.3) is 5.69 Å². The molecule has 0 atom stereocenters. The number of ether oxygens (including phenoxy) is 3. The van der Waals surface area contributed by atoms with Crippen LogP contribution in [0.3, 0.4) is 0 Å². The van der Waals surface area contributed by atoms with Gasteiger partial charge in [0, 0.05) is 13.1 Å². The third kappa shape index (κ3) is 3.53. The van der Waals surface area contributed by atoms with Crippen molar-refractivity contribution in [3.8, 4) is 22.9 Å². The SMILES string of the molecule is CC1CCC(c2nnnn2-c2ccc3c(c2)OCO3)(N(C)C(=O)Oc2ccccc2)CC1. The zero-order chi connectivity index (χ0) is 22.1. The summed E-state index contributed by atoms with van der Waals surface area (Å²) in [5.41, 5.74) is 0.0511. The van der Waals surface area contributed by atoms with Crippen LogP contribution in [0.5, 0.6) is 17.2 Å². The molecule has 0 N–H and O–H groups in total. The molecule has 0 spiro atoms. The van der Waals surface area contributed by atoms with E-state index in [-0.39, 0.29) is 6.79 Å². The molecule has 1 aliphatic heterocycles. The molecule has 32 heavy (non-hydrogen) atoms. The van der Waals surface area contributed by atoms with Crippen LogP contribution in [0.4, 0.5) is 4.79 Å². The molecule has 1 aromatic heterocycles. The molecule has 2 heterocycles. The van der Waals surface area contributed by atoms with Gasteiger partial charge in [-0.05, 0) is 66.3 Å². The minimum absolute atomic E-state index is 0.192. The van der Waals surface area contributed by atoms with Gasteiger partial charge >= 0.3 is 6.09 Å². The first kappa shape index (κ1) is 20.3. The van der Waals surface area contributed by atoms with E-state index < -0.39 is 11.6 Å². The van der Waals surface area contributed by atoms with Gasteiger partial charge in [0.25, 0.3) is 0 Å². The van der Waals surface area contributed by atoms with Crippen LogP contribution in [0, 0.1) is 5.92 Å². The molecule has 9 nitrogen and oxygen atoms in total. The number of nitrogens with zero attached hydrogens (tertiary/aromatic N) is 5. The summed E-state index contributed by atoms with van der Waals surface area (Å²) in [5, 5.41) is 12.6. The minimum Gasteiger partial charge on any atom is -0.454 e. The summed E-state index contributed by atoms with van der Waals surface area (Å²) in [4.78, 5) is 14.8. The van der Waals surface area contributed by atoms with E-state index in [1.165, 1.54) is 0 Å². The van der Waals surface area contributed by atoms with Crippen molar-refractivity contribution < 1.29 is 19.0 Å². The van der Waals surface area contributed by atoms with Crippen molar-refractivity contribution in [2.24, 2.45) is 5.92 Å². The van der Waals surface area contributed by atoms with Gasteiger partial charge in [-0.15, -0.1) is 5.10 Å². The quantitative estimate of drug-likeness (QED) is 0.613. The second-order valence-corrected chi connectivity index (χ2v) is 8.41. The van der Waals surface area contributed by atoms with E-state index in [0.29, 0.717) is 29.0 Å². The van der Waals surface area contributed by atoms with Crippen LogP contribution in [-0.4, -0.2) is 45.0 Å². The molecule has 0 bridgehead atoms. The van der Waals surface area contributed by atoms with Crippen LogP contribution in [0.1, 0.15) is 38.4 Å². The predicted molar refractivity (Wildman–Crippen MR) is 115 cm³/mol. The fourth-order valence-electron chi connectivity index (χ4n) is 4.45. The summed E-state index contributed by atoms with van der Waals surface area (Å²) in [5.74, 6) is 3.01. The highest BCUT2D eigenvalue weighted by Crippen LogP contribution is 2.44. The van der Waals surface area contributed by atoms with Crippen LogP contribution < -0.4 is 14.2 Å². The molecule has 0 saturated heterocycles. The lowest BCUT2D eigenvalue weighted by Crippen LogP contribution is -2.51. The Balaban J connectivity index is 1.52. The molecule has 0 radical (unpaired) electrons. The number of rotatable bonds is 4. The average molecular weight is 435 g/mol. The number of carbonyl (C=O) groups is 1.